The Balaban J connectivity index is 0.00000220. The molecule has 21 heavy (non-hydrogen) atoms. The van der Waals surface area contributed by atoms with Crippen LogP contribution in [0.2, 0.25) is 0 Å². The second-order valence-electron chi connectivity index (χ2n) is 5.49. The van der Waals surface area contributed by atoms with Crippen LogP contribution < -0.4 is 5.73 Å². The highest BCUT2D eigenvalue weighted by Crippen LogP contribution is 2.22. The largest absolute Gasteiger partial charge is 0.341 e. The number of halogens is 1. The van der Waals surface area contributed by atoms with E-state index in [9.17, 15) is 9.59 Å². The van der Waals surface area contributed by atoms with Crippen LogP contribution in [-0.2, 0) is 4.79 Å². The maximum atomic E-state index is 12.1. The fourth-order valence-electron chi connectivity index (χ4n) is 2.66. The zero-order valence-electron chi connectivity index (χ0n) is 12.6. The van der Waals surface area contributed by atoms with Crippen LogP contribution >= 0.6 is 23.7 Å². The lowest BCUT2D eigenvalue weighted by Gasteiger charge is -2.30. The molecule has 1 aliphatic rings. The molecule has 2 rings (SSSR count). The van der Waals surface area contributed by atoms with Gasteiger partial charge in [-0.25, -0.2) is 0 Å². The molecule has 0 spiro atoms. The summed E-state index contributed by atoms with van der Waals surface area (Å²) in [5.41, 5.74) is 6.65. The Labute approximate surface area is 136 Å². The Morgan fingerprint density at radius 2 is 2.10 bits per heavy atom. The lowest BCUT2D eigenvalue weighted by Crippen LogP contribution is -2.45. The van der Waals surface area contributed by atoms with Gasteiger partial charge in [-0.3, -0.25) is 9.59 Å². The summed E-state index contributed by atoms with van der Waals surface area (Å²) in [7, 11) is 0. The van der Waals surface area contributed by atoms with E-state index in [4.69, 9.17) is 5.73 Å². The first kappa shape index (κ1) is 18.1. The summed E-state index contributed by atoms with van der Waals surface area (Å²) in [5.74, 6) is 0.125. The second kappa shape index (κ2) is 7.92. The average Bonchev–Trinajstić information content (AvgIpc) is 2.74. The number of hydrogen-bond acceptors (Lipinski definition) is 4. The molecule has 2 heterocycles. The number of Topliss-reactive ketones (excluding diaryl/α,β-unsaturated/α-hetero) is 1. The number of aryl methyl sites for hydroxylation is 2. The van der Waals surface area contributed by atoms with E-state index in [-0.39, 0.29) is 30.1 Å². The molecule has 1 atom stereocenters. The van der Waals surface area contributed by atoms with Gasteiger partial charge in [-0.2, -0.15) is 0 Å². The van der Waals surface area contributed by atoms with Gasteiger partial charge in [-0.1, -0.05) is 0 Å². The van der Waals surface area contributed by atoms with Crippen molar-refractivity contribution in [3.63, 3.8) is 0 Å². The summed E-state index contributed by atoms with van der Waals surface area (Å²) in [6.07, 6.45) is 2.53. The van der Waals surface area contributed by atoms with Crippen LogP contribution in [0, 0.1) is 13.8 Å². The molecule has 1 aromatic rings. The fraction of sp³-hybridized carbons (Fsp3) is 0.600. The molecule has 0 radical (unpaired) electrons. The normalized spacial score (nSPS) is 18.2. The van der Waals surface area contributed by atoms with Gasteiger partial charge in [0, 0.05) is 47.3 Å². The van der Waals surface area contributed by atoms with Gasteiger partial charge < -0.3 is 10.6 Å². The molecule has 0 bridgehead atoms. The lowest BCUT2D eigenvalue weighted by atomic mass is 10.0. The van der Waals surface area contributed by atoms with Gasteiger partial charge in [0.2, 0.25) is 5.91 Å². The van der Waals surface area contributed by atoms with Gasteiger partial charge in [0.05, 0.1) is 0 Å². The van der Waals surface area contributed by atoms with Crippen molar-refractivity contribution < 1.29 is 9.59 Å². The van der Waals surface area contributed by atoms with Gasteiger partial charge in [0.25, 0.3) is 0 Å². The maximum absolute atomic E-state index is 12.1. The number of carbonyl (C=O) groups is 2. The van der Waals surface area contributed by atoms with Crippen LogP contribution in [0.4, 0.5) is 0 Å². The first-order chi connectivity index (χ1) is 9.47. The Morgan fingerprint density at radius 1 is 1.38 bits per heavy atom. The predicted molar refractivity (Wildman–Crippen MR) is 88.4 cm³/mol. The summed E-state index contributed by atoms with van der Waals surface area (Å²) >= 11 is 1.63. The second-order valence-corrected chi connectivity index (χ2v) is 6.95. The number of nitrogens with two attached hydrogens (primary N) is 1. The van der Waals surface area contributed by atoms with Crippen molar-refractivity contribution >= 4 is 35.4 Å². The highest BCUT2D eigenvalue weighted by molar-refractivity contribution is 7.12. The summed E-state index contributed by atoms with van der Waals surface area (Å²) in [6, 6.07) is 2.01. The highest BCUT2D eigenvalue weighted by atomic mass is 35.5. The minimum absolute atomic E-state index is 0. The SMILES string of the molecule is Cc1cc(C(=O)CCC(=O)N2CCCC(N)C2)c(C)s1.Cl. The van der Waals surface area contributed by atoms with Crippen LogP contribution in [0.5, 0.6) is 0 Å². The van der Waals surface area contributed by atoms with Crippen LogP contribution in [0.15, 0.2) is 6.07 Å². The first-order valence-corrected chi connectivity index (χ1v) is 7.92. The predicted octanol–water partition coefficient (Wildman–Crippen LogP) is 2.70. The molecule has 1 fully saturated rings. The number of thiophene rings is 1. The number of rotatable bonds is 4. The van der Waals surface area contributed by atoms with Gasteiger partial charge in [-0.05, 0) is 32.8 Å². The van der Waals surface area contributed by atoms with Crippen molar-refractivity contribution in [1.29, 1.82) is 0 Å². The first-order valence-electron chi connectivity index (χ1n) is 7.11. The minimum Gasteiger partial charge on any atom is -0.341 e. The molecule has 0 saturated carbocycles. The zero-order chi connectivity index (χ0) is 14.7. The quantitative estimate of drug-likeness (QED) is 0.863. The Kier molecular flexibility index (Phi) is 6.84. The lowest BCUT2D eigenvalue weighted by molar-refractivity contribution is -0.132. The molecule has 1 amide bonds. The van der Waals surface area contributed by atoms with Crippen molar-refractivity contribution in [3.8, 4) is 0 Å². The molecule has 118 valence electrons. The van der Waals surface area contributed by atoms with E-state index in [1.54, 1.807) is 16.2 Å². The number of nitrogens with zero attached hydrogens (tertiary/aromatic N) is 1. The number of hydrogen-bond donors (Lipinski definition) is 1. The Bertz CT molecular complexity index is 516. The molecule has 4 nitrogen and oxygen atoms in total. The van der Waals surface area contributed by atoms with Gasteiger partial charge in [0.1, 0.15) is 0 Å². The topological polar surface area (TPSA) is 63.4 Å². The number of likely N-dealkylation sites (tertiary alicyclic amines) is 1. The average molecular weight is 331 g/mol. The summed E-state index contributed by atoms with van der Waals surface area (Å²) < 4.78 is 0. The molecular weight excluding hydrogens is 308 g/mol. The van der Waals surface area contributed by atoms with E-state index in [2.05, 4.69) is 0 Å². The maximum Gasteiger partial charge on any atom is 0.223 e. The van der Waals surface area contributed by atoms with Crippen molar-refractivity contribution in [2.45, 2.75) is 45.6 Å². The summed E-state index contributed by atoms with van der Waals surface area (Å²) in [5, 5.41) is 0. The van der Waals surface area contributed by atoms with Crippen molar-refractivity contribution in [1.82, 2.24) is 4.90 Å². The molecule has 1 unspecified atom stereocenters. The molecule has 2 N–H and O–H groups in total. The van der Waals surface area contributed by atoms with E-state index in [0.717, 1.165) is 34.7 Å². The van der Waals surface area contributed by atoms with E-state index in [0.29, 0.717) is 19.4 Å². The van der Waals surface area contributed by atoms with E-state index >= 15 is 0 Å². The van der Waals surface area contributed by atoms with Gasteiger partial charge in [-0.15, -0.1) is 23.7 Å². The number of carbonyl (C=O) groups excluding carboxylic acids is 2. The van der Waals surface area contributed by atoms with Crippen LogP contribution in [-0.4, -0.2) is 35.7 Å². The van der Waals surface area contributed by atoms with Crippen molar-refractivity contribution in [2.75, 3.05) is 13.1 Å². The molecule has 0 aliphatic carbocycles. The number of ketones is 1. The zero-order valence-corrected chi connectivity index (χ0v) is 14.2. The Hall–Kier alpha value is -0.910. The van der Waals surface area contributed by atoms with E-state index < -0.39 is 0 Å². The monoisotopic (exact) mass is 330 g/mol. The number of amides is 1. The van der Waals surface area contributed by atoms with Crippen LogP contribution in [0.1, 0.15) is 45.8 Å². The van der Waals surface area contributed by atoms with Gasteiger partial charge >= 0.3 is 0 Å². The van der Waals surface area contributed by atoms with Crippen LogP contribution in [0.3, 0.4) is 0 Å². The summed E-state index contributed by atoms with van der Waals surface area (Å²) in [6.45, 7) is 5.35. The van der Waals surface area contributed by atoms with Crippen molar-refractivity contribution in [2.24, 2.45) is 5.73 Å². The molecule has 1 aliphatic heterocycles. The Morgan fingerprint density at radius 3 is 2.67 bits per heavy atom. The van der Waals surface area contributed by atoms with E-state index in [1.807, 2.05) is 19.9 Å². The van der Waals surface area contributed by atoms with E-state index in [1.165, 1.54) is 0 Å². The third-order valence-corrected chi connectivity index (χ3v) is 4.68. The third-order valence-electron chi connectivity index (χ3n) is 3.72. The smallest absolute Gasteiger partial charge is 0.223 e. The highest BCUT2D eigenvalue weighted by Gasteiger charge is 2.22. The molecule has 6 heteroatoms. The molecular formula is C15H23ClN2O2S. The van der Waals surface area contributed by atoms with Crippen LogP contribution in [0.25, 0.3) is 0 Å². The molecule has 0 aromatic carbocycles. The fourth-order valence-corrected chi connectivity index (χ4v) is 3.60. The molecule has 1 saturated heterocycles. The van der Waals surface area contributed by atoms with Gasteiger partial charge in [0.15, 0.2) is 5.78 Å². The number of piperidine rings is 1. The third kappa shape index (κ3) is 4.80. The minimum atomic E-state index is 0. The van der Waals surface area contributed by atoms with Crippen molar-refractivity contribution in [3.05, 3.63) is 21.4 Å². The summed E-state index contributed by atoms with van der Waals surface area (Å²) in [4.78, 5) is 28.2. The molecule has 1 aromatic heterocycles. The standard InChI is InChI=1S/C15H22N2O2S.ClH/c1-10-8-13(11(2)20-10)14(18)5-6-15(19)17-7-3-4-12(16)9-17;/h8,12H,3-7,9,16H2,1-2H3;1H.